The molecule has 1 saturated carbocycles. The van der Waals surface area contributed by atoms with Gasteiger partial charge in [-0.3, -0.25) is 0 Å². The highest BCUT2D eigenvalue weighted by atomic mass is 19.1. The Morgan fingerprint density at radius 1 is 1.50 bits per heavy atom. The van der Waals surface area contributed by atoms with Gasteiger partial charge < -0.3 is 5.11 Å². The second kappa shape index (κ2) is 3.35. The average molecular weight is 194 g/mol. The maximum Gasteiger partial charge on any atom is 0.126 e. The fourth-order valence-corrected chi connectivity index (χ4v) is 2.08. The minimum Gasteiger partial charge on any atom is -0.389 e. The van der Waals surface area contributed by atoms with E-state index in [4.69, 9.17) is 0 Å². The monoisotopic (exact) mass is 194 g/mol. The van der Waals surface area contributed by atoms with E-state index in [0.717, 1.165) is 12.8 Å². The first kappa shape index (κ1) is 9.66. The quantitative estimate of drug-likeness (QED) is 0.784. The first-order chi connectivity index (χ1) is 6.65. The van der Waals surface area contributed by atoms with Gasteiger partial charge in [0.2, 0.25) is 0 Å². The van der Waals surface area contributed by atoms with Crippen LogP contribution >= 0.6 is 0 Å². The molecule has 14 heavy (non-hydrogen) atoms. The predicted octanol–water partition coefficient (Wildman–Crippen LogP) is 2.53. The summed E-state index contributed by atoms with van der Waals surface area (Å²) in [6, 6.07) is 6.68. The van der Waals surface area contributed by atoms with E-state index in [1.54, 1.807) is 12.1 Å². The van der Waals surface area contributed by atoms with Crippen LogP contribution in [-0.4, -0.2) is 10.7 Å². The Labute approximate surface area is 83.6 Å². The lowest BCUT2D eigenvalue weighted by Crippen LogP contribution is -2.15. The molecule has 1 N–H and O–H groups in total. The normalized spacial score (nSPS) is 30.4. The summed E-state index contributed by atoms with van der Waals surface area (Å²) in [5.41, 5.74) is 0.00248. The predicted molar refractivity (Wildman–Crippen MR) is 53.5 cm³/mol. The Balaban J connectivity index is 2.09. The largest absolute Gasteiger partial charge is 0.389 e. The molecule has 1 aliphatic carbocycles. The van der Waals surface area contributed by atoms with Crippen LogP contribution in [0.15, 0.2) is 24.3 Å². The zero-order valence-electron chi connectivity index (χ0n) is 8.33. The first-order valence-corrected chi connectivity index (χ1v) is 5.11. The van der Waals surface area contributed by atoms with E-state index in [1.807, 2.05) is 6.07 Å². The van der Waals surface area contributed by atoms with Crippen molar-refractivity contribution >= 4 is 0 Å². The van der Waals surface area contributed by atoms with Gasteiger partial charge in [0.25, 0.3) is 0 Å². The maximum atomic E-state index is 13.3. The molecule has 0 amide bonds. The molecule has 0 saturated heterocycles. The molecule has 0 spiro atoms. The third-order valence-electron chi connectivity index (χ3n) is 3.15. The molecule has 0 aromatic heterocycles. The summed E-state index contributed by atoms with van der Waals surface area (Å²) in [5, 5.41) is 10.00. The molecule has 1 aromatic rings. The fourth-order valence-electron chi connectivity index (χ4n) is 2.08. The summed E-state index contributed by atoms with van der Waals surface area (Å²) < 4.78 is 13.3. The summed E-state index contributed by atoms with van der Waals surface area (Å²) in [6.45, 7) is 2.06. The lowest BCUT2D eigenvalue weighted by Gasteiger charge is -2.10. The van der Waals surface area contributed by atoms with Crippen molar-refractivity contribution in [3.8, 4) is 0 Å². The van der Waals surface area contributed by atoms with Crippen molar-refractivity contribution in [3.05, 3.63) is 35.6 Å². The molecular weight excluding hydrogens is 179 g/mol. The van der Waals surface area contributed by atoms with Gasteiger partial charge >= 0.3 is 0 Å². The highest BCUT2D eigenvalue weighted by Crippen LogP contribution is 2.47. The number of hydrogen-bond acceptors (Lipinski definition) is 1. The molecule has 1 nitrogen and oxygen atoms in total. The Morgan fingerprint density at radius 2 is 2.21 bits per heavy atom. The van der Waals surface area contributed by atoms with Crippen LogP contribution in [0.1, 0.15) is 25.3 Å². The van der Waals surface area contributed by atoms with Gasteiger partial charge in [0.05, 0.1) is 5.60 Å². The van der Waals surface area contributed by atoms with Gasteiger partial charge in [-0.2, -0.15) is 0 Å². The Morgan fingerprint density at radius 3 is 2.79 bits per heavy atom. The minimum absolute atomic E-state index is 0.206. The fraction of sp³-hybridized carbons (Fsp3) is 0.500. The summed E-state index contributed by atoms with van der Waals surface area (Å²) in [7, 11) is 0. The zero-order valence-corrected chi connectivity index (χ0v) is 8.33. The SMILES string of the molecule is CCC1CC1(O)Cc1ccccc1F. The van der Waals surface area contributed by atoms with Gasteiger partial charge in [0.15, 0.2) is 0 Å². The van der Waals surface area contributed by atoms with Gasteiger partial charge in [-0.15, -0.1) is 0 Å². The third kappa shape index (κ3) is 1.67. The molecule has 2 heteroatoms. The zero-order chi connectivity index (χ0) is 10.2. The summed E-state index contributed by atoms with van der Waals surface area (Å²) in [5.74, 6) is 0.157. The lowest BCUT2D eigenvalue weighted by molar-refractivity contribution is 0.129. The smallest absolute Gasteiger partial charge is 0.126 e. The van der Waals surface area contributed by atoms with Crippen molar-refractivity contribution in [2.75, 3.05) is 0 Å². The Bertz CT molecular complexity index is 337. The second-order valence-corrected chi connectivity index (χ2v) is 4.18. The number of aliphatic hydroxyl groups is 1. The molecule has 2 rings (SSSR count). The standard InChI is InChI=1S/C12H15FO/c1-2-10-8-12(10,14)7-9-5-3-4-6-11(9)13/h3-6,10,14H,2,7-8H2,1H3. The molecule has 1 aromatic carbocycles. The van der Waals surface area contributed by atoms with Crippen LogP contribution in [0.2, 0.25) is 0 Å². The van der Waals surface area contributed by atoms with Gasteiger partial charge in [0.1, 0.15) is 5.82 Å². The second-order valence-electron chi connectivity index (χ2n) is 4.18. The van der Waals surface area contributed by atoms with Crippen LogP contribution in [-0.2, 0) is 6.42 Å². The average Bonchev–Trinajstić information content (AvgIpc) is 2.81. The summed E-state index contributed by atoms with van der Waals surface area (Å²) in [4.78, 5) is 0. The van der Waals surface area contributed by atoms with Crippen LogP contribution in [0.4, 0.5) is 4.39 Å². The van der Waals surface area contributed by atoms with Crippen molar-refractivity contribution in [2.24, 2.45) is 5.92 Å². The summed E-state index contributed by atoms with van der Waals surface area (Å²) in [6.07, 6.45) is 2.25. The molecule has 0 aliphatic heterocycles. The molecule has 0 radical (unpaired) electrons. The molecule has 76 valence electrons. The van der Waals surface area contributed by atoms with E-state index < -0.39 is 5.60 Å². The molecular formula is C12H15FO. The van der Waals surface area contributed by atoms with Crippen LogP contribution in [0.25, 0.3) is 0 Å². The van der Waals surface area contributed by atoms with Crippen LogP contribution in [0.3, 0.4) is 0 Å². The molecule has 0 heterocycles. The molecule has 1 aliphatic rings. The third-order valence-corrected chi connectivity index (χ3v) is 3.15. The topological polar surface area (TPSA) is 20.2 Å². The van der Waals surface area contributed by atoms with Crippen molar-refractivity contribution < 1.29 is 9.50 Å². The number of benzene rings is 1. The van der Waals surface area contributed by atoms with E-state index in [9.17, 15) is 9.50 Å². The van der Waals surface area contributed by atoms with Gasteiger partial charge in [0, 0.05) is 6.42 Å². The molecule has 2 unspecified atom stereocenters. The van der Waals surface area contributed by atoms with Crippen LogP contribution in [0, 0.1) is 11.7 Å². The number of rotatable bonds is 3. The van der Waals surface area contributed by atoms with Gasteiger partial charge in [-0.05, 0) is 24.0 Å². The van der Waals surface area contributed by atoms with Gasteiger partial charge in [-0.1, -0.05) is 31.5 Å². The summed E-state index contributed by atoms with van der Waals surface area (Å²) >= 11 is 0. The number of halogens is 1. The highest BCUT2D eigenvalue weighted by Gasteiger charge is 2.51. The van der Waals surface area contributed by atoms with Crippen LogP contribution in [0.5, 0.6) is 0 Å². The first-order valence-electron chi connectivity index (χ1n) is 5.11. The van der Waals surface area contributed by atoms with E-state index in [1.165, 1.54) is 6.07 Å². The molecule has 2 atom stereocenters. The van der Waals surface area contributed by atoms with E-state index in [0.29, 0.717) is 17.9 Å². The van der Waals surface area contributed by atoms with Crippen molar-refractivity contribution in [2.45, 2.75) is 31.8 Å². The maximum absolute atomic E-state index is 13.3. The van der Waals surface area contributed by atoms with Crippen LogP contribution < -0.4 is 0 Å². The van der Waals surface area contributed by atoms with Gasteiger partial charge in [-0.25, -0.2) is 4.39 Å². The van der Waals surface area contributed by atoms with E-state index in [-0.39, 0.29) is 5.82 Å². The minimum atomic E-state index is -0.628. The van der Waals surface area contributed by atoms with E-state index in [2.05, 4.69) is 6.92 Å². The molecule has 1 fully saturated rings. The molecule has 0 bridgehead atoms. The number of hydrogen-bond donors (Lipinski definition) is 1. The Kier molecular flexibility index (Phi) is 2.31. The van der Waals surface area contributed by atoms with Crippen molar-refractivity contribution in [1.29, 1.82) is 0 Å². The lowest BCUT2D eigenvalue weighted by atomic mass is 10.0. The van der Waals surface area contributed by atoms with E-state index >= 15 is 0 Å². The van der Waals surface area contributed by atoms with Crippen molar-refractivity contribution in [1.82, 2.24) is 0 Å². The highest BCUT2D eigenvalue weighted by molar-refractivity contribution is 5.22. The van der Waals surface area contributed by atoms with Crippen molar-refractivity contribution in [3.63, 3.8) is 0 Å². The Hall–Kier alpha value is -0.890.